The average Bonchev–Trinajstić information content (AvgIpc) is 3.49. The first-order valence-corrected chi connectivity index (χ1v) is 13.6. The van der Waals surface area contributed by atoms with E-state index in [1.54, 1.807) is 66.3 Å². The number of aromatic nitrogens is 2. The van der Waals surface area contributed by atoms with E-state index in [-0.39, 0.29) is 24.2 Å². The molecule has 3 aromatic rings. The van der Waals surface area contributed by atoms with E-state index in [0.717, 1.165) is 0 Å². The van der Waals surface area contributed by atoms with Crippen LogP contribution in [0.3, 0.4) is 0 Å². The number of fused-ring (bicyclic) bond motifs is 1. The van der Waals surface area contributed by atoms with Crippen LogP contribution < -0.4 is 13.8 Å². The summed E-state index contributed by atoms with van der Waals surface area (Å²) in [5, 5.41) is 15.8. The zero-order chi connectivity index (χ0) is 26.0. The first-order valence-electron chi connectivity index (χ1n) is 12.1. The zero-order valence-electron chi connectivity index (χ0n) is 20.6. The smallest absolute Gasteiger partial charge is 0.469 e. The topological polar surface area (TPSA) is 109 Å². The van der Waals surface area contributed by atoms with Crippen molar-refractivity contribution in [2.75, 3.05) is 6.61 Å². The van der Waals surface area contributed by atoms with Crippen LogP contribution in [0, 0.1) is 11.8 Å². The molecule has 3 atom stereocenters. The van der Waals surface area contributed by atoms with Crippen molar-refractivity contribution in [1.82, 2.24) is 9.78 Å². The second-order valence-corrected chi connectivity index (χ2v) is 11.0. The number of carbonyl (C=O) groups excluding carboxylic acids is 1. The van der Waals surface area contributed by atoms with Crippen LogP contribution in [0.2, 0.25) is 0 Å². The third kappa shape index (κ3) is 5.73. The van der Waals surface area contributed by atoms with Gasteiger partial charge in [0.1, 0.15) is 29.5 Å². The summed E-state index contributed by atoms with van der Waals surface area (Å²) in [5.74, 6) is 1.54. The molecule has 1 aromatic heterocycles. The Labute approximate surface area is 215 Å². The molecule has 37 heavy (non-hydrogen) atoms. The Balaban J connectivity index is 1.31. The van der Waals surface area contributed by atoms with Crippen LogP contribution in [0.1, 0.15) is 31.9 Å². The highest BCUT2D eigenvalue weighted by molar-refractivity contribution is 7.49. The molecular weight excluding hydrogens is 495 g/mol. The summed E-state index contributed by atoms with van der Waals surface area (Å²) in [6.45, 7) is 1.37. The van der Waals surface area contributed by atoms with Gasteiger partial charge >= 0.3 is 7.82 Å². The molecule has 1 saturated carbocycles. The highest BCUT2D eigenvalue weighted by atomic mass is 31.2. The number of aryl methyl sites for hydroxylation is 1. The molecule has 0 spiro atoms. The number of phosphoric acid groups is 1. The van der Waals surface area contributed by atoms with Gasteiger partial charge in [-0.15, -0.1) is 5.10 Å². The number of hydrogen-bond donors (Lipinski definition) is 1. The Bertz CT molecular complexity index is 1300. The molecule has 194 valence electrons. The summed E-state index contributed by atoms with van der Waals surface area (Å²) in [6, 6.07) is 19.2. The maximum absolute atomic E-state index is 13.7. The number of aliphatic hydroxyl groups is 1. The molecule has 1 N–H and O–H groups in total. The lowest BCUT2D eigenvalue weighted by molar-refractivity contribution is -0.119. The first-order chi connectivity index (χ1) is 17.7. The fourth-order valence-electron chi connectivity index (χ4n) is 5.03. The predicted octanol–water partition coefficient (Wildman–Crippen LogP) is 5.17. The van der Waals surface area contributed by atoms with Crippen molar-refractivity contribution in [2.24, 2.45) is 18.9 Å². The fraction of sp³-hybridized carbons (Fsp3) is 0.333. The van der Waals surface area contributed by atoms with Crippen LogP contribution in [0.15, 0.2) is 78.6 Å². The molecule has 0 aliphatic heterocycles. The van der Waals surface area contributed by atoms with Gasteiger partial charge in [-0.3, -0.25) is 9.48 Å². The largest absolute Gasteiger partial charge is 0.646 e. The number of carbonyl (C=O) groups is 1. The van der Waals surface area contributed by atoms with Crippen LogP contribution in [0.4, 0.5) is 0 Å². The van der Waals surface area contributed by atoms with E-state index in [1.807, 2.05) is 18.2 Å². The minimum Gasteiger partial charge on any atom is -0.469 e. The fourth-order valence-corrected chi connectivity index (χ4v) is 6.32. The number of allylic oxidation sites excluding steroid dienone is 2. The quantitative estimate of drug-likeness (QED) is 0.362. The number of rotatable bonds is 10. The van der Waals surface area contributed by atoms with Gasteiger partial charge in [-0.05, 0) is 61.9 Å². The second-order valence-electron chi connectivity index (χ2n) is 9.53. The van der Waals surface area contributed by atoms with E-state index >= 15 is 0 Å². The molecule has 1 heterocycles. The monoisotopic (exact) mass is 524 g/mol. The number of Topliss-reactive ketones (excluding diaryl/α,β-unsaturated/α-hetero) is 1. The third-order valence-electron chi connectivity index (χ3n) is 6.55. The van der Waals surface area contributed by atoms with E-state index in [9.17, 15) is 14.5 Å². The Morgan fingerprint density at radius 3 is 2.24 bits per heavy atom. The molecule has 0 bridgehead atoms. The number of benzene rings is 2. The molecular formula is C27H29N2O7P. The van der Waals surface area contributed by atoms with Gasteiger partial charge in [-0.1, -0.05) is 36.4 Å². The van der Waals surface area contributed by atoms with Crippen molar-refractivity contribution in [3.05, 3.63) is 84.3 Å². The number of nitrogens with zero attached hydrogens (tertiary/aromatic N) is 2. The Morgan fingerprint density at radius 1 is 1.05 bits per heavy atom. The molecule has 1 fully saturated rings. The van der Waals surface area contributed by atoms with Gasteiger partial charge in [-0.25, -0.2) is 0 Å². The molecule has 0 saturated heterocycles. The van der Waals surface area contributed by atoms with E-state index < -0.39 is 13.4 Å². The predicted molar refractivity (Wildman–Crippen MR) is 135 cm³/mol. The summed E-state index contributed by atoms with van der Waals surface area (Å²) < 4.78 is 38.1. The minimum absolute atomic E-state index is 0.0124. The lowest BCUT2D eigenvalue weighted by atomic mass is 9.95. The van der Waals surface area contributed by atoms with Crippen molar-refractivity contribution in [1.29, 1.82) is 0 Å². The maximum atomic E-state index is 13.7. The van der Waals surface area contributed by atoms with Crippen molar-refractivity contribution >= 4 is 13.6 Å². The summed E-state index contributed by atoms with van der Waals surface area (Å²) in [6.07, 6.45) is 3.30. The first kappa shape index (κ1) is 25.1. The number of ketones is 1. The highest BCUT2D eigenvalue weighted by Gasteiger charge is 2.50. The van der Waals surface area contributed by atoms with E-state index in [2.05, 4.69) is 5.10 Å². The van der Waals surface area contributed by atoms with E-state index in [0.29, 0.717) is 48.1 Å². The van der Waals surface area contributed by atoms with Gasteiger partial charge in [0, 0.05) is 19.5 Å². The van der Waals surface area contributed by atoms with E-state index in [4.69, 9.17) is 18.3 Å². The number of phosphoric ester groups is 1. The van der Waals surface area contributed by atoms with Gasteiger partial charge in [0.25, 0.3) is 0 Å². The van der Waals surface area contributed by atoms with Crippen LogP contribution in [0.25, 0.3) is 0 Å². The Hall–Kier alpha value is -3.55. The number of para-hydroxylation sites is 2. The van der Waals surface area contributed by atoms with Crippen molar-refractivity contribution in [2.45, 2.75) is 31.8 Å². The van der Waals surface area contributed by atoms with Crippen molar-refractivity contribution < 1.29 is 32.8 Å². The Morgan fingerprint density at radius 2 is 1.68 bits per heavy atom. The SMILES string of the molecule is CC(=O)COc1cc([C@]2(O)C[C@H]3CC(OP(=O)(Oc4ccccc4)Oc4ccccc4)=C[C@H]3C2)n(C)n1. The van der Waals surface area contributed by atoms with Gasteiger partial charge in [0.2, 0.25) is 5.88 Å². The van der Waals surface area contributed by atoms with Crippen molar-refractivity contribution in [3.63, 3.8) is 0 Å². The molecule has 2 aliphatic carbocycles. The highest BCUT2D eigenvalue weighted by Crippen LogP contribution is 2.57. The second kappa shape index (κ2) is 10.1. The lowest BCUT2D eigenvalue weighted by Gasteiger charge is -2.24. The number of ether oxygens (including phenoxy) is 1. The van der Waals surface area contributed by atoms with Crippen LogP contribution in [0.5, 0.6) is 17.4 Å². The molecule has 5 rings (SSSR count). The average molecular weight is 525 g/mol. The summed E-state index contributed by atoms with van der Waals surface area (Å²) in [7, 11) is -2.31. The van der Waals surface area contributed by atoms with Gasteiger partial charge in [-0.2, -0.15) is 4.57 Å². The molecule has 2 aliphatic rings. The maximum Gasteiger partial charge on any atom is 0.646 e. The molecule has 10 heteroatoms. The molecule has 0 unspecified atom stereocenters. The van der Waals surface area contributed by atoms with E-state index in [1.165, 1.54) is 6.92 Å². The van der Waals surface area contributed by atoms with Crippen LogP contribution >= 0.6 is 7.82 Å². The zero-order valence-corrected chi connectivity index (χ0v) is 21.5. The molecule has 2 aromatic carbocycles. The minimum atomic E-state index is -4.05. The molecule has 0 amide bonds. The van der Waals surface area contributed by atoms with Gasteiger partial charge < -0.3 is 23.4 Å². The number of hydrogen-bond acceptors (Lipinski definition) is 8. The lowest BCUT2D eigenvalue weighted by Crippen LogP contribution is -2.25. The molecule has 0 radical (unpaired) electrons. The standard InChI is InChI=1S/C27H29N2O7P/c1-19(30)18-33-26-15-25(29(2)28-26)27(31)16-20-13-24(14-21(20)17-27)36-37(32,34-22-9-5-3-6-10-22)35-23-11-7-4-8-12-23/h3-13,15,20-21,31H,14,16-18H2,1-2H3/t20-,21+,27+/m0/s1. The van der Waals surface area contributed by atoms with Gasteiger partial charge in [0.15, 0.2) is 5.78 Å². The van der Waals surface area contributed by atoms with Crippen LogP contribution in [-0.2, 0) is 26.5 Å². The Kier molecular flexibility index (Phi) is 6.84. The molecule has 9 nitrogen and oxygen atoms in total. The summed E-state index contributed by atoms with van der Waals surface area (Å²) >= 11 is 0. The summed E-state index contributed by atoms with van der Waals surface area (Å²) in [4.78, 5) is 11.2. The summed E-state index contributed by atoms with van der Waals surface area (Å²) in [5.41, 5.74) is -0.483. The van der Waals surface area contributed by atoms with Crippen LogP contribution in [-0.4, -0.2) is 27.3 Å². The van der Waals surface area contributed by atoms with Crippen molar-refractivity contribution in [3.8, 4) is 17.4 Å². The third-order valence-corrected chi connectivity index (χ3v) is 7.88. The van der Waals surface area contributed by atoms with Gasteiger partial charge in [0.05, 0.1) is 5.69 Å². The normalized spacial score (nSPS) is 22.7.